The summed E-state index contributed by atoms with van der Waals surface area (Å²) in [7, 11) is 0. The number of nitrogens with one attached hydrogen (secondary N) is 1. The molecule has 1 N–H and O–H groups in total. The highest BCUT2D eigenvalue weighted by Crippen LogP contribution is 2.11. The SMILES string of the molecule is CCCC(=O)CNCC(F)(F)F. The molecule has 0 saturated heterocycles. The van der Waals surface area contributed by atoms with Crippen molar-refractivity contribution in [2.45, 2.75) is 25.9 Å². The van der Waals surface area contributed by atoms with E-state index in [1.54, 1.807) is 0 Å². The van der Waals surface area contributed by atoms with Gasteiger partial charge in [-0.15, -0.1) is 0 Å². The van der Waals surface area contributed by atoms with Gasteiger partial charge in [-0.05, 0) is 6.42 Å². The summed E-state index contributed by atoms with van der Waals surface area (Å²) < 4.78 is 34.6. The summed E-state index contributed by atoms with van der Waals surface area (Å²) in [6, 6.07) is 0. The van der Waals surface area contributed by atoms with Gasteiger partial charge in [-0.3, -0.25) is 4.79 Å². The van der Waals surface area contributed by atoms with Gasteiger partial charge in [-0.2, -0.15) is 13.2 Å². The van der Waals surface area contributed by atoms with E-state index in [4.69, 9.17) is 0 Å². The van der Waals surface area contributed by atoms with E-state index >= 15 is 0 Å². The largest absolute Gasteiger partial charge is 0.401 e. The van der Waals surface area contributed by atoms with Gasteiger partial charge in [-0.1, -0.05) is 6.92 Å². The molecule has 0 aromatic rings. The smallest absolute Gasteiger partial charge is 0.302 e. The van der Waals surface area contributed by atoms with E-state index in [-0.39, 0.29) is 12.3 Å². The number of rotatable bonds is 5. The highest BCUT2D eigenvalue weighted by molar-refractivity contribution is 5.80. The molecule has 0 aliphatic carbocycles. The first-order valence-electron chi connectivity index (χ1n) is 3.75. The van der Waals surface area contributed by atoms with E-state index in [0.717, 1.165) is 0 Å². The van der Waals surface area contributed by atoms with Crippen molar-refractivity contribution in [3.05, 3.63) is 0 Å². The average Bonchev–Trinajstić information content (AvgIpc) is 1.84. The summed E-state index contributed by atoms with van der Waals surface area (Å²) in [4.78, 5) is 10.7. The van der Waals surface area contributed by atoms with Gasteiger partial charge in [0.1, 0.15) is 5.78 Å². The fourth-order valence-electron chi connectivity index (χ4n) is 0.711. The van der Waals surface area contributed by atoms with Crippen molar-refractivity contribution < 1.29 is 18.0 Å². The van der Waals surface area contributed by atoms with Crippen LogP contribution in [-0.2, 0) is 4.79 Å². The molecule has 0 aromatic heterocycles. The predicted molar refractivity (Wildman–Crippen MR) is 38.8 cm³/mol. The van der Waals surface area contributed by atoms with Gasteiger partial charge < -0.3 is 5.32 Å². The molecule has 0 radical (unpaired) electrons. The number of halogens is 3. The van der Waals surface area contributed by atoms with E-state index in [1.807, 2.05) is 12.2 Å². The molecule has 0 unspecified atom stereocenters. The summed E-state index contributed by atoms with van der Waals surface area (Å²) in [5.41, 5.74) is 0. The summed E-state index contributed by atoms with van der Waals surface area (Å²) in [6.07, 6.45) is -3.22. The van der Waals surface area contributed by atoms with Gasteiger partial charge in [0, 0.05) is 6.42 Å². The van der Waals surface area contributed by atoms with Crippen molar-refractivity contribution in [2.75, 3.05) is 13.1 Å². The molecule has 0 atom stereocenters. The first kappa shape index (κ1) is 11.4. The number of carbonyl (C=O) groups is 1. The Labute approximate surface area is 69.1 Å². The molecule has 0 bridgehead atoms. The fourth-order valence-corrected chi connectivity index (χ4v) is 0.711. The van der Waals surface area contributed by atoms with Crippen LogP contribution in [0.25, 0.3) is 0 Å². The number of ketones is 1. The number of carbonyl (C=O) groups excluding carboxylic acids is 1. The Bertz CT molecular complexity index is 144. The van der Waals surface area contributed by atoms with Crippen molar-refractivity contribution in [3.8, 4) is 0 Å². The van der Waals surface area contributed by atoms with Crippen LogP contribution in [-0.4, -0.2) is 25.0 Å². The van der Waals surface area contributed by atoms with Gasteiger partial charge in [0.15, 0.2) is 0 Å². The van der Waals surface area contributed by atoms with Crippen LogP contribution in [0.3, 0.4) is 0 Å². The van der Waals surface area contributed by atoms with Crippen LogP contribution < -0.4 is 5.32 Å². The van der Waals surface area contributed by atoms with Crippen molar-refractivity contribution in [1.82, 2.24) is 5.32 Å². The first-order valence-corrected chi connectivity index (χ1v) is 3.75. The Hall–Kier alpha value is -0.580. The quantitative estimate of drug-likeness (QED) is 0.699. The zero-order valence-electron chi connectivity index (χ0n) is 6.87. The van der Waals surface area contributed by atoms with Crippen molar-refractivity contribution in [1.29, 1.82) is 0 Å². The van der Waals surface area contributed by atoms with Crippen LogP contribution in [0.4, 0.5) is 13.2 Å². The average molecular weight is 183 g/mol. The predicted octanol–water partition coefficient (Wildman–Crippen LogP) is 1.51. The molecular weight excluding hydrogens is 171 g/mol. The molecule has 0 aliphatic rings. The molecule has 0 aliphatic heterocycles. The zero-order valence-corrected chi connectivity index (χ0v) is 6.87. The minimum atomic E-state index is -4.23. The maximum atomic E-state index is 11.5. The van der Waals surface area contributed by atoms with Crippen LogP contribution >= 0.6 is 0 Å². The lowest BCUT2D eigenvalue weighted by molar-refractivity contribution is -0.127. The van der Waals surface area contributed by atoms with Crippen LogP contribution in [0, 0.1) is 0 Å². The number of alkyl halides is 3. The van der Waals surface area contributed by atoms with E-state index in [1.165, 1.54) is 0 Å². The fraction of sp³-hybridized carbons (Fsp3) is 0.857. The second-order valence-electron chi connectivity index (χ2n) is 2.51. The zero-order chi connectivity index (χ0) is 9.61. The van der Waals surface area contributed by atoms with Gasteiger partial charge in [-0.25, -0.2) is 0 Å². The normalized spacial score (nSPS) is 11.7. The molecule has 0 aromatic carbocycles. The first-order chi connectivity index (χ1) is 5.45. The Balaban J connectivity index is 3.37. The van der Waals surface area contributed by atoms with E-state index in [2.05, 4.69) is 0 Å². The minimum absolute atomic E-state index is 0.179. The second kappa shape index (κ2) is 5.13. The second-order valence-corrected chi connectivity index (χ2v) is 2.51. The summed E-state index contributed by atoms with van der Waals surface area (Å²) in [5.74, 6) is -0.179. The Kier molecular flexibility index (Phi) is 4.89. The molecule has 0 spiro atoms. The third-order valence-electron chi connectivity index (χ3n) is 1.18. The van der Waals surface area contributed by atoms with Crippen LogP contribution in [0.1, 0.15) is 19.8 Å². The molecule has 12 heavy (non-hydrogen) atoms. The van der Waals surface area contributed by atoms with Gasteiger partial charge >= 0.3 is 6.18 Å². The maximum absolute atomic E-state index is 11.5. The number of hydrogen-bond acceptors (Lipinski definition) is 2. The van der Waals surface area contributed by atoms with Crippen molar-refractivity contribution in [2.24, 2.45) is 0 Å². The molecule has 0 fully saturated rings. The number of hydrogen-bond donors (Lipinski definition) is 1. The van der Waals surface area contributed by atoms with Crippen molar-refractivity contribution in [3.63, 3.8) is 0 Å². The molecule has 0 rings (SSSR count). The molecule has 2 nitrogen and oxygen atoms in total. The number of Topliss-reactive ketones (excluding diaryl/α,β-unsaturated/α-hetero) is 1. The Morgan fingerprint density at radius 3 is 2.42 bits per heavy atom. The molecule has 0 heterocycles. The molecular formula is C7H12F3NO. The van der Waals surface area contributed by atoms with E-state index < -0.39 is 12.7 Å². The maximum Gasteiger partial charge on any atom is 0.401 e. The molecule has 5 heteroatoms. The molecule has 0 amide bonds. The van der Waals surface area contributed by atoms with Crippen LogP contribution in [0.5, 0.6) is 0 Å². The summed E-state index contributed by atoms with van der Waals surface area (Å²) >= 11 is 0. The molecule has 0 saturated carbocycles. The van der Waals surface area contributed by atoms with Gasteiger partial charge in [0.25, 0.3) is 0 Å². The van der Waals surface area contributed by atoms with Gasteiger partial charge in [0.05, 0.1) is 13.1 Å². The standard InChI is InChI=1S/C7H12F3NO/c1-2-3-6(12)4-11-5-7(8,9)10/h11H,2-5H2,1H3. The highest BCUT2D eigenvalue weighted by Gasteiger charge is 2.26. The van der Waals surface area contributed by atoms with E-state index in [9.17, 15) is 18.0 Å². The van der Waals surface area contributed by atoms with Crippen LogP contribution in [0.15, 0.2) is 0 Å². The lowest BCUT2D eigenvalue weighted by Crippen LogP contribution is -2.32. The molecule has 72 valence electrons. The lowest BCUT2D eigenvalue weighted by Gasteiger charge is -2.06. The highest BCUT2D eigenvalue weighted by atomic mass is 19.4. The minimum Gasteiger partial charge on any atom is -0.302 e. The van der Waals surface area contributed by atoms with Crippen LogP contribution in [0.2, 0.25) is 0 Å². The van der Waals surface area contributed by atoms with Crippen molar-refractivity contribution >= 4 is 5.78 Å². The lowest BCUT2D eigenvalue weighted by atomic mass is 10.2. The van der Waals surface area contributed by atoms with Gasteiger partial charge in [0.2, 0.25) is 0 Å². The Morgan fingerprint density at radius 2 is 2.00 bits per heavy atom. The topological polar surface area (TPSA) is 29.1 Å². The third kappa shape index (κ3) is 7.53. The Morgan fingerprint density at radius 1 is 1.42 bits per heavy atom. The third-order valence-corrected chi connectivity index (χ3v) is 1.18. The monoisotopic (exact) mass is 183 g/mol. The summed E-state index contributed by atoms with van der Waals surface area (Å²) in [5, 5.41) is 2.04. The van der Waals surface area contributed by atoms with E-state index in [0.29, 0.717) is 12.8 Å². The summed E-state index contributed by atoms with van der Waals surface area (Å²) in [6.45, 7) is 0.525.